The van der Waals surface area contributed by atoms with Gasteiger partial charge in [0.1, 0.15) is 24.1 Å². The number of nitrogens with zero attached hydrogens (tertiary/aromatic N) is 2. The van der Waals surface area contributed by atoms with Crippen molar-refractivity contribution in [2.45, 2.75) is 55.6 Å². The van der Waals surface area contributed by atoms with Crippen LogP contribution in [0.4, 0.5) is 5.69 Å². The van der Waals surface area contributed by atoms with E-state index in [1.165, 1.54) is 30.2 Å². The molecule has 4 aromatic carbocycles. The Morgan fingerprint density at radius 1 is 0.854 bits per heavy atom. The molecule has 2 amide bonds. The molecule has 0 spiro atoms. The summed E-state index contributed by atoms with van der Waals surface area (Å²) in [5.41, 5.74) is 1.76. The van der Waals surface area contributed by atoms with Crippen LogP contribution in [0.2, 0.25) is 5.02 Å². The summed E-state index contributed by atoms with van der Waals surface area (Å²) in [6.07, 6.45) is 4.02. The average Bonchev–Trinajstić information content (AvgIpc) is 3.62. The Hall–Kier alpha value is -4.54. The number of hydrogen-bond donors (Lipinski definition) is 1. The van der Waals surface area contributed by atoms with Crippen molar-refractivity contribution in [1.29, 1.82) is 0 Å². The van der Waals surface area contributed by atoms with E-state index in [0.717, 1.165) is 41.1 Å². The quantitative estimate of drug-likeness (QED) is 0.168. The molecular weight excluding hydrogens is 650 g/mol. The lowest BCUT2D eigenvalue weighted by Gasteiger charge is -2.34. The van der Waals surface area contributed by atoms with Gasteiger partial charge in [-0.25, -0.2) is 8.42 Å². The molecule has 1 unspecified atom stereocenters. The fourth-order valence-electron chi connectivity index (χ4n) is 5.95. The van der Waals surface area contributed by atoms with Crippen molar-refractivity contribution in [2.24, 2.45) is 0 Å². The Morgan fingerprint density at radius 2 is 1.52 bits per heavy atom. The van der Waals surface area contributed by atoms with Crippen molar-refractivity contribution in [1.82, 2.24) is 10.2 Å². The molecule has 0 heterocycles. The zero-order chi connectivity index (χ0) is 34.1. The van der Waals surface area contributed by atoms with Gasteiger partial charge in [-0.05, 0) is 66.4 Å². The second kappa shape index (κ2) is 16.0. The molecule has 11 heteroatoms. The highest BCUT2D eigenvalue weighted by Crippen LogP contribution is 2.32. The molecule has 1 saturated carbocycles. The SMILES string of the molecule is COc1cccc(CN(C(=O)CN(c2ccc(OC)c(Cl)c2)S(=O)(=O)c2ccccc2)C(Cc2ccccc2)C(=O)NC2CCCC2)c1. The number of hydrogen-bond acceptors (Lipinski definition) is 6. The van der Waals surface area contributed by atoms with E-state index in [1.807, 2.05) is 42.5 Å². The van der Waals surface area contributed by atoms with Gasteiger partial charge in [0, 0.05) is 19.0 Å². The Balaban J connectivity index is 1.58. The topological polar surface area (TPSA) is 105 Å². The minimum absolute atomic E-state index is 0.00361. The largest absolute Gasteiger partial charge is 0.497 e. The Bertz CT molecular complexity index is 1800. The fourth-order valence-corrected chi connectivity index (χ4v) is 7.63. The highest BCUT2D eigenvalue weighted by Gasteiger charge is 2.35. The first-order valence-electron chi connectivity index (χ1n) is 15.9. The van der Waals surface area contributed by atoms with Crippen molar-refractivity contribution >= 4 is 39.1 Å². The molecule has 9 nitrogen and oxygen atoms in total. The average molecular weight is 690 g/mol. The fraction of sp³-hybridized carbons (Fsp3) is 0.297. The van der Waals surface area contributed by atoms with Gasteiger partial charge in [0.2, 0.25) is 11.8 Å². The lowest BCUT2D eigenvalue weighted by Crippen LogP contribution is -2.54. The van der Waals surface area contributed by atoms with Gasteiger partial charge in [-0.3, -0.25) is 13.9 Å². The van der Waals surface area contributed by atoms with E-state index in [0.29, 0.717) is 11.5 Å². The Labute approximate surface area is 287 Å². The van der Waals surface area contributed by atoms with Crippen LogP contribution >= 0.6 is 11.6 Å². The second-order valence-corrected chi connectivity index (χ2v) is 14.0. The number of halogens is 1. The van der Waals surface area contributed by atoms with Crippen LogP contribution < -0.4 is 19.1 Å². The summed E-state index contributed by atoms with van der Waals surface area (Å²) in [6, 6.07) is 28.3. The maximum absolute atomic E-state index is 14.7. The molecule has 0 saturated heterocycles. The number of carbonyl (C=O) groups excluding carboxylic acids is 2. The molecule has 1 atom stereocenters. The number of anilines is 1. The summed E-state index contributed by atoms with van der Waals surface area (Å²) in [6.45, 7) is -0.555. The third-order valence-corrected chi connectivity index (χ3v) is 10.6. The number of ether oxygens (including phenoxy) is 2. The third kappa shape index (κ3) is 8.48. The lowest BCUT2D eigenvalue weighted by molar-refractivity contribution is -0.140. The smallest absolute Gasteiger partial charge is 0.264 e. The zero-order valence-electron chi connectivity index (χ0n) is 27.0. The van der Waals surface area contributed by atoms with Gasteiger partial charge in [-0.2, -0.15) is 0 Å². The maximum atomic E-state index is 14.7. The number of nitrogens with one attached hydrogen (secondary N) is 1. The van der Waals surface area contributed by atoms with Crippen LogP contribution in [0.15, 0.2) is 108 Å². The van der Waals surface area contributed by atoms with Crippen LogP contribution in [0, 0.1) is 0 Å². The summed E-state index contributed by atoms with van der Waals surface area (Å²) >= 11 is 6.46. The lowest BCUT2D eigenvalue weighted by atomic mass is 10.0. The number of rotatable bonds is 14. The van der Waals surface area contributed by atoms with Crippen LogP contribution in [0.25, 0.3) is 0 Å². The molecule has 1 fully saturated rings. The Morgan fingerprint density at radius 3 is 2.17 bits per heavy atom. The van der Waals surface area contributed by atoms with Gasteiger partial charge in [-0.15, -0.1) is 0 Å². The molecule has 0 bridgehead atoms. The van der Waals surface area contributed by atoms with Gasteiger partial charge < -0.3 is 19.7 Å². The number of benzene rings is 4. The first-order valence-corrected chi connectivity index (χ1v) is 17.7. The van der Waals surface area contributed by atoms with E-state index in [4.69, 9.17) is 21.1 Å². The standard InChI is InChI=1S/C37H40ClN3O6S/c1-46-31-17-11-14-28(22-31)25-40(34(23-27-12-5-3-6-13-27)37(43)39-29-15-9-10-16-29)36(42)26-41(30-20-21-35(47-2)33(38)24-30)48(44,45)32-18-7-4-8-19-32/h3-8,11-14,17-22,24,29,34H,9-10,15-16,23,25-26H2,1-2H3,(H,39,43). The van der Waals surface area contributed by atoms with Gasteiger partial charge >= 0.3 is 0 Å². The monoisotopic (exact) mass is 689 g/mol. The van der Waals surface area contributed by atoms with E-state index in [9.17, 15) is 18.0 Å². The van der Waals surface area contributed by atoms with Gasteiger partial charge in [0.15, 0.2) is 0 Å². The van der Waals surface area contributed by atoms with E-state index in [-0.39, 0.29) is 40.5 Å². The normalized spacial score (nSPS) is 13.8. The summed E-state index contributed by atoms with van der Waals surface area (Å²) in [5, 5.41) is 3.37. The summed E-state index contributed by atoms with van der Waals surface area (Å²) < 4.78 is 40.2. The molecule has 1 aliphatic carbocycles. The molecular formula is C37H40ClN3O6S. The van der Waals surface area contributed by atoms with Crippen LogP contribution in [0.3, 0.4) is 0 Å². The minimum atomic E-state index is -4.26. The van der Waals surface area contributed by atoms with Crippen LogP contribution in [-0.2, 0) is 32.6 Å². The molecule has 48 heavy (non-hydrogen) atoms. The minimum Gasteiger partial charge on any atom is -0.497 e. The van der Waals surface area contributed by atoms with Crippen molar-refractivity contribution in [3.05, 3.63) is 119 Å². The van der Waals surface area contributed by atoms with Crippen LogP contribution in [0.5, 0.6) is 11.5 Å². The van der Waals surface area contributed by atoms with Crippen molar-refractivity contribution in [3.63, 3.8) is 0 Å². The van der Waals surface area contributed by atoms with E-state index in [2.05, 4.69) is 5.32 Å². The predicted octanol–water partition coefficient (Wildman–Crippen LogP) is 6.25. The van der Waals surface area contributed by atoms with E-state index >= 15 is 0 Å². The Kier molecular flexibility index (Phi) is 11.6. The highest BCUT2D eigenvalue weighted by atomic mass is 35.5. The van der Waals surface area contributed by atoms with Gasteiger partial charge in [0.05, 0.1) is 29.8 Å². The molecule has 0 aromatic heterocycles. The molecule has 4 aromatic rings. The first-order chi connectivity index (χ1) is 23.2. The molecule has 0 radical (unpaired) electrons. The van der Waals surface area contributed by atoms with E-state index in [1.54, 1.807) is 49.6 Å². The number of methoxy groups -OCH3 is 2. The molecule has 0 aliphatic heterocycles. The summed E-state index contributed by atoms with van der Waals surface area (Å²) in [7, 11) is -1.24. The summed E-state index contributed by atoms with van der Waals surface area (Å²) in [5.74, 6) is 0.102. The van der Waals surface area contributed by atoms with Crippen molar-refractivity contribution < 1.29 is 27.5 Å². The molecule has 1 N–H and O–H groups in total. The summed E-state index contributed by atoms with van der Waals surface area (Å²) in [4.78, 5) is 30.3. The third-order valence-electron chi connectivity index (χ3n) is 8.49. The zero-order valence-corrected chi connectivity index (χ0v) is 28.6. The van der Waals surface area contributed by atoms with Crippen molar-refractivity contribution in [2.75, 3.05) is 25.1 Å². The van der Waals surface area contributed by atoms with Crippen molar-refractivity contribution in [3.8, 4) is 11.5 Å². The second-order valence-electron chi connectivity index (χ2n) is 11.7. The predicted molar refractivity (Wildman–Crippen MR) is 187 cm³/mol. The highest BCUT2D eigenvalue weighted by molar-refractivity contribution is 7.92. The number of amides is 2. The van der Waals surface area contributed by atoms with Crippen LogP contribution in [0.1, 0.15) is 36.8 Å². The molecule has 5 rings (SSSR count). The van der Waals surface area contributed by atoms with Crippen LogP contribution in [-0.4, -0.2) is 58.0 Å². The van der Waals surface area contributed by atoms with Gasteiger partial charge in [0.25, 0.3) is 10.0 Å². The number of carbonyl (C=O) groups is 2. The molecule has 1 aliphatic rings. The van der Waals surface area contributed by atoms with Gasteiger partial charge in [-0.1, -0.05) is 85.1 Å². The number of sulfonamides is 1. The van der Waals surface area contributed by atoms with E-state index < -0.39 is 28.5 Å². The maximum Gasteiger partial charge on any atom is 0.264 e. The molecule has 252 valence electrons. The first kappa shape index (κ1) is 34.8.